The number of alkyl halides is 2. The Hall–Kier alpha value is -5.45. The first-order chi connectivity index (χ1) is 25.9. The van der Waals surface area contributed by atoms with Crippen LogP contribution in [0.2, 0.25) is 0 Å². The minimum absolute atomic E-state index is 0.0277. The number of fused-ring (bicyclic) bond motifs is 4. The number of anilines is 2. The molecule has 0 radical (unpaired) electrons. The van der Waals surface area contributed by atoms with E-state index in [1.807, 2.05) is 30.4 Å². The maximum Gasteiger partial charge on any atom is 0.258 e. The number of phenolic OH excluding ortho intramolecular Hbond substituents is 1. The maximum atomic E-state index is 14.5. The number of methoxy groups -OCH3 is 2. The highest BCUT2D eigenvalue weighted by Gasteiger charge is 2.76. The number of carbonyl (C=O) groups excluding carboxylic acids is 4. The van der Waals surface area contributed by atoms with E-state index in [9.17, 15) is 28.7 Å². The molecule has 2 aliphatic carbocycles. The third kappa shape index (κ3) is 5.26. The fraction of sp³-hybridized carbons (Fsp3) is 0.238. The second-order valence-electron chi connectivity index (χ2n) is 13.9. The summed E-state index contributed by atoms with van der Waals surface area (Å²) in [7, 11) is 3.17. The highest BCUT2D eigenvalue weighted by molar-refractivity contribution is 6.58. The van der Waals surface area contributed by atoms with Crippen LogP contribution in [0.1, 0.15) is 35.4 Å². The zero-order valence-corrected chi connectivity index (χ0v) is 30.6. The summed E-state index contributed by atoms with van der Waals surface area (Å²) < 4.78 is 24.7. The molecule has 12 heteroatoms. The van der Waals surface area contributed by atoms with Crippen LogP contribution in [0.15, 0.2) is 103 Å². The first-order valence-corrected chi connectivity index (χ1v) is 18.1. The largest absolute Gasteiger partial charge is 0.508 e. The predicted molar refractivity (Wildman–Crippen MR) is 202 cm³/mol. The number of halogens is 3. The molecule has 2 aliphatic heterocycles. The summed E-state index contributed by atoms with van der Waals surface area (Å²) >= 11 is 14.8. The monoisotopic (exact) mass is 766 g/mol. The Kier molecular flexibility index (Phi) is 8.66. The van der Waals surface area contributed by atoms with Gasteiger partial charge in [-0.1, -0.05) is 48.1 Å². The third-order valence-corrected chi connectivity index (χ3v) is 12.6. The van der Waals surface area contributed by atoms with E-state index >= 15 is 0 Å². The standard InChI is InChI=1S/C42H33Cl2FN2O7/c1-53-30-17-20-34(54-2)25(21-30)6-3-23-4-11-27(12-5-23)46-37(49)32-19-18-31-33(35(32)38(46)50)22-41(43)39(51)47(28-13-9-26(45)10-14-28)40(52)42(41,44)36(31)24-7-15-29(48)16-8-24/h3-18,20-21,32-33,35-36,48H,19,22H2,1-2H3. The molecular weight excluding hydrogens is 734 g/mol. The number of allylic oxidation sites excluding steroid dienone is 2. The Labute approximate surface area is 320 Å². The number of phenols is 1. The molecule has 9 nitrogen and oxygen atoms in total. The molecule has 4 aromatic carbocycles. The molecule has 8 rings (SSSR count). The number of nitrogens with zero attached hydrogens (tertiary/aromatic N) is 2. The van der Waals surface area contributed by atoms with Crippen molar-refractivity contribution in [1.82, 2.24) is 0 Å². The third-order valence-electron chi connectivity index (χ3n) is 11.2. The number of hydrogen-bond donors (Lipinski definition) is 1. The molecule has 1 N–H and O–H groups in total. The van der Waals surface area contributed by atoms with Gasteiger partial charge in [0.25, 0.3) is 11.8 Å². The van der Waals surface area contributed by atoms with Crippen molar-refractivity contribution in [3.05, 3.63) is 125 Å². The zero-order valence-electron chi connectivity index (χ0n) is 29.0. The predicted octanol–water partition coefficient (Wildman–Crippen LogP) is 7.49. The zero-order chi connectivity index (χ0) is 38.1. The lowest BCUT2D eigenvalue weighted by Crippen LogP contribution is -2.60. The van der Waals surface area contributed by atoms with Crippen LogP contribution in [0.5, 0.6) is 17.2 Å². The van der Waals surface area contributed by atoms with E-state index in [0.717, 1.165) is 28.2 Å². The molecule has 0 spiro atoms. The molecule has 6 unspecified atom stereocenters. The van der Waals surface area contributed by atoms with Crippen LogP contribution in [0.4, 0.5) is 15.8 Å². The van der Waals surface area contributed by atoms with E-state index < -0.39 is 57.0 Å². The average molecular weight is 768 g/mol. The van der Waals surface area contributed by atoms with E-state index in [4.69, 9.17) is 32.7 Å². The lowest BCUT2D eigenvalue weighted by atomic mass is 9.56. The fourth-order valence-corrected chi connectivity index (χ4v) is 9.52. The van der Waals surface area contributed by atoms with Crippen molar-refractivity contribution in [2.45, 2.75) is 28.5 Å². The number of imide groups is 2. The number of carbonyl (C=O) groups is 4. The molecule has 3 fully saturated rings. The topological polar surface area (TPSA) is 113 Å². The number of benzene rings is 4. The van der Waals surface area contributed by atoms with Gasteiger partial charge in [0.05, 0.1) is 37.4 Å². The van der Waals surface area contributed by atoms with Gasteiger partial charge in [-0.15, -0.1) is 23.2 Å². The molecule has 1 saturated carbocycles. The second kappa shape index (κ2) is 13.1. The Morgan fingerprint density at radius 3 is 2.11 bits per heavy atom. The van der Waals surface area contributed by atoms with Crippen LogP contribution in [0, 0.1) is 23.6 Å². The van der Waals surface area contributed by atoms with Crippen molar-refractivity contribution in [1.29, 1.82) is 0 Å². The van der Waals surface area contributed by atoms with Crippen molar-refractivity contribution in [3.63, 3.8) is 0 Å². The van der Waals surface area contributed by atoms with Gasteiger partial charge in [0, 0.05) is 11.5 Å². The molecule has 54 heavy (non-hydrogen) atoms. The van der Waals surface area contributed by atoms with Crippen molar-refractivity contribution in [2.75, 3.05) is 24.0 Å². The Morgan fingerprint density at radius 2 is 1.44 bits per heavy atom. The fourth-order valence-electron chi connectivity index (χ4n) is 8.58. The highest BCUT2D eigenvalue weighted by atomic mass is 35.5. The number of aromatic hydroxyl groups is 1. The van der Waals surface area contributed by atoms with E-state index in [2.05, 4.69) is 0 Å². The van der Waals surface area contributed by atoms with Gasteiger partial charge < -0.3 is 14.6 Å². The first kappa shape index (κ1) is 35.6. The summed E-state index contributed by atoms with van der Waals surface area (Å²) in [5.74, 6) is -5.03. The molecule has 4 aliphatic rings. The maximum absolute atomic E-state index is 14.5. The van der Waals surface area contributed by atoms with Crippen LogP contribution < -0.4 is 19.3 Å². The van der Waals surface area contributed by atoms with E-state index in [1.165, 1.54) is 29.2 Å². The van der Waals surface area contributed by atoms with E-state index in [-0.39, 0.29) is 30.2 Å². The summed E-state index contributed by atoms with van der Waals surface area (Å²) in [5, 5.41) is 10.1. The molecule has 4 amide bonds. The number of ether oxygens (including phenoxy) is 2. The molecule has 2 heterocycles. The highest BCUT2D eigenvalue weighted by Crippen LogP contribution is 2.66. The van der Waals surface area contributed by atoms with Gasteiger partial charge in [0.2, 0.25) is 11.8 Å². The van der Waals surface area contributed by atoms with Gasteiger partial charge in [-0.25, -0.2) is 9.29 Å². The molecule has 0 bridgehead atoms. The number of hydrogen-bond acceptors (Lipinski definition) is 7. The molecule has 6 atom stereocenters. The van der Waals surface area contributed by atoms with Gasteiger partial charge in [0.1, 0.15) is 23.1 Å². The summed E-state index contributed by atoms with van der Waals surface area (Å²) in [6.45, 7) is 0. The molecule has 2 saturated heterocycles. The van der Waals surface area contributed by atoms with Crippen LogP contribution in [-0.2, 0) is 19.2 Å². The normalized spacial score (nSPS) is 27.5. The number of rotatable bonds is 7. The summed E-state index contributed by atoms with van der Waals surface area (Å²) in [6.07, 6.45) is 5.60. The lowest BCUT2D eigenvalue weighted by molar-refractivity contribution is -0.125. The Balaban J connectivity index is 1.14. The van der Waals surface area contributed by atoms with Crippen LogP contribution in [0.3, 0.4) is 0 Å². The Morgan fingerprint density at radius 1 is 0.778 bits per heavy atom. The lowest BCUT2D eigenvalue weighted by Gasteiger charge is -2.50. The van der Waals surface area contributed by atoms with Crippen molar-refractivity contribution < 1.29 is 38.1 Å². The molecule has 4 aromatic rings. The molecular formula is C42H33Cl2FN2O7. The van der Waals surface area contributed by atoms with Gasteiger partial charge in [-0.2, -0.15) is 0 Å². The van der Waals surface area contributed by atoms with Crippen LogP contribution in [0.25, 0.3) is 12.2 Å². The smallest absolute Gasteiger partial charge is 0.258 e. The van der Waals surface area contributed by atoms with Gasteiger partial charge in [-0.3, -0.25) is 24.1 Å². The first-order valence-electron chi connectivity index (χ1n) is 17.3. The summed E-state index contributed by atoms with van der Waals surface area (Å²) in [5.41, 5.74) is 3.22. The van der Waals surface area contributed by atoms with Crippen LogP contribution in [-0.4, -0.2) is 52.7 Å². The van der Waals surface area contributed by atoms with Crippen LogP contribution >= 0.6 is 23.2 Å². The van der Waals surface area contributed by atoms with E-state index in [1.54, 1.807) is 56.7 Å². The van der Waals surface area contributed by atoms with Gasteiger partial charge in [-0.05, 0) is 96.6 Å². The quantitative estimate of drug-likeness (QED) is 0.0898. The Bertz CT molecular complexity index is 2280. The SMILES string of the molecule is COc1ccc(OC)c(C=Cc2ccc(N3C(=O)C4CC=C5C(CC6(Cl)C(=O)N(c7ccc(F)cc7)C(=O)C6(Cl)C5c5ccc(O)cc5)C4C3=O)cc2)c1. The minimum atomic E-state index is -2.06. The van der Waals surface area contributed by atoms with Gasteiger partial charge in [0.15, 0.2) is 9.75 Å². The molecule has 274 valence electrons. The van der Waals surface area contributed by atoms with Gasteiger partial charge >= 0.3 is 0 Å². The van der Waals surface area contributed by atoms with Crippen molar-refractivity contribution >= 4 is 70.4 Å². The average Bonchev–Trinajstić information content (AvgIpc) is 3.52. The van der Waals surface area contributed by atoms with Crippen molar-refractivity contribution in [3.8, 4) is 17.2 Å². The second-order valence-corrected chi connectivity index (χ2v) is 15.1. The van der Waals surface area contributed by atoms with Crippen molar-refractivity contribution in [2.24, 2.45) is 17.8 Å². The minimum Gasteiger partial charge on any atom is -0.508 e. The summed E-state index contributed by atoms with van der Waals surface area (Å²) in [4.78, 5) is 55.4. The van der Waals surface area contributed by atoms with E-state index in [0.29, 0.717) is 28.3 Å². The number of amides is 4. The molecule has 0 aromatic heterocycles. The summed E-state index contributed by atoms with van der Waals surface area (Å²) in [6, 6.07) is 23.4.